The lowest BCUT2D eigenvalue weighted by Crippen LogP contribution is -2.46. The Labute approximate surface area is 122 Å². The Morgan fingerprint density at radius 2 is 1.95 bits per heavy atom. The second-order valence-corrected chi connectivity index (χ2v) is 5.82. The molecule has 1 aromatic rings. The molecule has 2 fully saturated rings. The van der Waals surface area contributed by atoms with Crippen molar-refractivity contribution in [3.63, 3.8) is 0 Å². The monoisotopic (exact) mass is 296 g/mol. The zero-order chi connectivity index (χ0) is 14.9. The molecule has 0 bridgehead atoms. The van der Waals surface area contributed by atoms with Gasteiger partial charge in [0.15, 0.2) is 5.78 Å². The summed E-state index contributed by atoms with van der Waals surface area (Å²) in [5, 5.41) is 0. The zero-order valence-electron chi connectivity index (χ0n) is 11.7. The van der Waals surface area contributed by atoms with Crippen LogP contribution < -0.4 is 0 Å². The third kappa shape index (κ3) is 2.99. The van der Waals surface area contributed by atoms with Crippen molar-refractivity contribution in [1.82, 2.24) is 0 Å². The highest BCUT2D eigenvalue weighted by Crippen LogP contribution is 2.38. The SMILES string of the molecule is O=C(c1cc(F)ccc1F)C1CCOC2(CCOCC2)C1. The van der Waals surface area contributed by atoms with Crippen molar-refractivity contribution >= 4 is 5.78 Å². The summed E-state index contributed by atoms with van der Waals surface area (Å²) in [5.74, 6) is -1.88. The molecule has 1 unspecified atom stereocenters. The third-order valence-electron chi connectivity index (χ3n) is 4.46. The number of ether oxygens (including phenoxy) is 2. The molecule has 5 heteroatoms. The van der Waals surface area contributed by atoms with E-state index < -0.39 is 11.6 Å². The minimum absolute atomic E-state index is 0.149. The van der Waals surface area contributed by atoms with Gasteiger partial charge in [0.1, 0.15) is 11.6 Å². The largest absolute Gasteiger partial charge is 0.381 e. The van der Waals surface area contributed by atoms with Crippen LogP contribution in [0.1, 0.15) is 36.0 Å². The van der Waals surface area contributed by atoms with Crippen LogP contribution in [0.25, 0.3) is 0 Å². The number of benzene rings is 1. The van der Waals surface area contributed by atoms with E-state index in [-0.39, 0.29) is 22.9 Å². The first kappa shape index (κ1) is 14.6. The first-order valence-corrected chi connectivity index (χ1v) is 7.31. The predicted molar refractivity (Wildman–Crippen MR) is 72.1 cm³/mol. The van der Waals surface area contributed by atoms with Crippen molar-refractivity contribution < 1.29 is 23.0 Å². The van der Waals surface area contributed by atoms with Crippen LogP contribution in [0.4, 0.5) is 8.78 Å². The molecular weight excluding hydrogens is 278 g/mol. The molecule has 21 heavy (non-hydrogen) atoms. The maximum Gasteiger partial charge on any atom is 0.169 e. The molecule has 0 aromatic heterocycles. The molecule has 0 amide bonds. The highest BCUT2D eigenvalue weighted by molar-refractivity contribution is 5.98. The molecule has 0 saturated carbocycles. The van der Waals surface area contributed by atoms with Gasteiger partial charge in [-0.05, 0) is 43.9 Å². The zero-order valence-corrected chi connectivity index (χ0v) is 11.7. The number of ketones is 1. The van der Waals surface area contributed by atoms with Crippen molar-refractivity contribution in [3.8, 4) is 0 Å². The van der Waals surface area contributed by atoms with Gasteiger partial charge in [0, 0.05) is 25.7 Å². The Morgan fingerprint density at radius 3 is 2.71 bits per heavy atom. The molecule has 114 valence electrons. The number of halogens is 2. The van der Waals surface area contributed by atoms with Crippen LogP contribution in [0, 0.1) is 17.6 Å². The van der Waals surface area contributed by atoms with Crippen LogP contribution in [0.15, 0.2) is 18.2 Å². The number of carbonyl (C=O) groups excluding carboxylic acids is 1. The summed E-state index contributed by atoms with van der Waals surface area (Å²) < 4.78 is 38.2. The summed E-state index contributed by atoms with van der Waals surface area (Å²) in [4.78, 5) is 12.5. The highest BCUT2D eigenvalue weighted by Gasteiger charge is 2.41. The van der Waals surface area contributed by atoms with Crippen LogP contribution >= 0.6 is 0 Å². The Balaban J connectivity index is 1.79. The number of Topliss-reactive ketones (excluding diaryl/α,β-unsaturated/α-hetero) is 1. The average molecular weight is 296 g/mol. The van der Waals surface area contributed by atoms with Gasteiger partial charge in [0.05, 0.1) is 11.2 Å². The van der Waals surface area contributed by atoms with Crippen molar-refractivity contribution in [2.45, 2.75) is 31.3 Å². The second kappa shape index (κ2) is 5.81. The maximum atomic E-state index is 13.8. The van der Waals surface area contributed by atoms with E-state index in [9.17, 15) is 13.6 Å². The van der Waals surface area contributed by atoms with Crippen LogP contribution in [-0.4, -0.2) is 31.2 Å². The fourth-order valence-corrected chi connectivity index (χ4v) is 3.25. The fraction of sp³-hybridized carbons (Fsp3) is 0.562. The molecule has 3 nitrogen and oxygen atoms in total. The third-order valence-corrected chi connectivity index (χ3v) is 4.46. The molecular formula is C16H18F2O3. The first-order chi connectivity index (χ1) is 10.1. The maximum absolute atomic E-state index is 13.8. The van der Waals surface area contributed by atoms with Crippen LogP contribution in [-0.2, 0) is 9.47 Å². The Morgan fingerprint density at radius 1 is 1.19 bits per heavy atom. The van der Waals surface area contributed by atoms with E-state index in [0.29, 0.717) is 32.7 Å². The van der Waals surface area contributed by atoms with Crippen LogP contribution in [0.2, 0.25) is 0 Å². The summed E-state index contributed by atoms with van der Waals surface area (Å²) in [6.45, 7) is 1.72. The van der Waals surface area contributed by atoms with Gasteiger partial charge < -0.3 is 9.47 Å². The molecule has 2 aliphatic heterocycles. The van der Waals surface area contributed by atoms with Crippen molar-refractivity contribution in [1.29, 1.82) is 0 Å². The summed E-state index contributed by atoms with van der Waals surface area (Å²) in [7, 11) is 0. The van der Waals surface area contributed by atoms with Gasteiger partial charge in [0.2, 0.25) is 0 Å². The summed E-state index contributed by atoms with van der Waals surface area (Å²) in [6.07, 6.45) is 2.62. The molecule has 0 N–H and O–H groups in total. The van der Waals surface area contributed by atoms with E-state index in [1.54, 1.807) is 0 Å². The Hall–Kier alpha value is -1.33. The van der Waals surface area contributed by atoms with Crippen LogP contribution in [0.3, 0.4) is 0 Å². The van der Waals surface area contributed by atoms with Gasteiger partial charge in [-0.25, -0.2) is 8.78 Å². The van der Waals surface area contributed by atoms with Gasteiger partial charge >= 0.3 is 0 Å². The van der Waals surface area contributed by atoms with Crippen molar-refractivity contribution in [2.75, 3.05) is 19.8 Å². The lowest BCUT2D eigenvalue weighted by atomic mass is 9.78. The smallest absolute Gasteiger partial charge is 0.169 e. The molecule has 0 aliphatic carbocycles. The molecule has 1 spiro atoms. The van der Waals surface area contributed by atoms with Gasteiger partial charge in [-0.3, -0.25) is 4.79 Å². The molecule has 2 heterocycles. The topological polar surface area (TPSA) is 35.5 Å². The lowest BCUT2D eigenvalue weighted by Gasteiger charge is -2.42. The van der Waals surface area contributed by atoms with E-state index in [1.165, 1.54) is 0 Å². The lowest BCUT2D eigenvalue weighted by molar-refractivity contribution is -0.142. The minimum Gasteiger partial charge on any atom is -0.381 e. The summed E-state index contributed by atoms with van der Waals surface area (Å²) in [5.41, 5.74) is -0.482. The van der Waals surface area contributed by atoms with Gasteiger partial charge in [0.25, 0.3) is 0 Å². The van der Waals surface area contributed by atoms with E-state index >= 15 is 0 Å². The quantitative estimate of drug-likeness (QED) is 0.787. The van der Waals surface area contributed by atoms with Crippen LogP contribution in [0.5, 0.6) is 0 Å². The molecule has 0 radical (unpaired) electrons. The van der Waals surface area contributed by atoms with Gasteiger partial charge in [-0.15, -0.1) is 0 Å². The van der Waals surface area contributed by atoms with Gasteiger partial charge in [-0.1, -0.05) is 0 Å². The highest BCUT2D eigenvalue weighted by atomic mass is 19.1. The summed E-state index contributed by atoms with van der Waals surface area (Å²) >= 11 is 0. The predicted octanol–water partition coefficient (Wildman–Crippen LogP) is 3.12. The van der Waals surface area contributed by atoms with Crippen molar-refractivity contribution in [2.24, 2.45) is 5.92 Å². The van der Waals surface area contributed by atoms with Crippen molar-refractivity contribution in [3.05, 3.63) is 35.4 Å². The molecule has 1 atom stereocenters. The van der Waals surface area contributed by atoms with Gasteiger partial charge in [-0.2, -0.15) is 0 Å². The molecule has 2 aliphatic rings. The van der Waals surface area contributed by atoms with E-state index in [1.807, 2.05) is 0 Å². The Bertz CT molecular complexity index is 533. The normalized spacial score (nSPS) is 25.0. The second-order valence-electron chi connectivity index (χ2n) is 5.82. The van der Waals surface area contributed by atoms with E-state index in [4.69, 9.17) is 9.47 Å². The molecule has 1 aromatic carbocycles. The standard InChI is InChI=1S/C16H18F2O3/c17-12-1-2-14(18)13(9-12)15(19)11-3-6-21-16(10-11)4-7-20-8-5-16/h1-2,9,11H,3-8,10H2. The Kier molecular flexibility index (Phi) is 4.04. The first-order valence-electron chi connectivity index (χ1n) is 7.31. The van der Waals surface area contributed by atoms with E-state index in [2.05, 4.69) is 0 Å². The fourth-order valence-electron chi connectivity index (χ4n) is 3.25. The van der Waals surface area contributed by atoms with E-state index in [0.717, 1.165) is 31.0 Å². The average Bonchev–Trinajstić information content (AvgIpc) is 2.50. The number of carbonyl (C=O) groups is 1. The number of hydrogen-bond acceptors (Lipinski definition) is 3. The summed E-state index contributed by atoms with van der Waals surface area (Å²) in [6, 6.07) is 3.02. The number of hydrogen-bond donors (Lipinski definition) is 0. The minimum atomic E-state index is -0.658. The molecule has 2 saturated heterocycles. The number of rotatable bonds is 2. The molecule has 3 rings (SSSR count).